The Hall–Kier alpha value is -1.58. The van der Waals surface area contributed by atoms with E-state index in [4.69, 9.17) is 5.11 Å². The molecule has 0 spiro atoms. The van der Waals surface area contributed by atoms with E-state index in [1.807, 2.05) is 0 Å². The van der Waals surface area contributed by atoms with Crippen LogP contribution in [0.5, 0.6) is 0 Å². The Balaban J connectivity index is 2.96. The first-order valence-electron chi connectivity index (χ1n) is 4.33. The van der Waals surface area contributed by atoms with Gasteiger partial charge in [0.2, 0.25) is 0 Å². The van der Waals surface area contributed by atoms with E-state index in [9.17, 15) is 4.79 Å². The fourth-order valence-corrected chi connectivity index (χ4v) is 1.03. The lowest BCUT2D eigenvalue weighted by Crippen LogP contribution is -2.48. The van der Waals surface area contributed by atoms with Crippen molar-refractivity contribution in [2.45, 2.75) is 19.4 Å². The zero-order chi connectivity index (χ0) is 10.8. The quantitative estimate of drug-likeness (QED) is 0.789. The lowest BCUT2D eigenvalue weighted by atomic mass is 10.0. The normalized spacial score (nSPS) is 11.1. The second-order valence-electron chi connectivity index (χ2n) is 3.63. The predicted octanol–water partition coefficient (Wildman–Crippen LogP) is 1.38. The molecular formula is C10H14N2O2. The van der Waals surface area contributed by atoms with Crippen molar-refractivity contribution in [3.05, 3.63) is 24.5 Å². The van der Waals surface area contributed by atoms with Gasteiger partial charge in [-0.15, -0.1) is 0 Å². The van der Waals surface area contributed by atoms with Crippen LogP contribution in [0.25, 0.3) is 0 Å². The van der Waals surface area contributed by atoms with Gasteiger partial charge in [0, 0.05) is 25.1 Å². The summed E-state index contributed by atoms with van der Waals surface area (Å²) in [6, 6.07) is 3.56. The molecule has 1 N–H and O–H groups in total. The van der Waals surface area contributed by atoms with Crippen molar-refractivity contribution < 1.29 is 9.90 Å². The van der Waals surface area contributed by atoms with Crippen molar-refractivity contribution in [1.29, 1.82) is 0 Å². The van der Waals surface area contributed by atoms with Gasteiger partial charge in [-0.2, -0.15) is 0 Å². The number of pyridine rings is 1. The second kappa shape index (κ2) is 3.65. The molecule has 0 aromatic carbocycles. The molecule has 1 heterocycles. The van der Waals surface area contributed by atoms with Crippen LogP contribution in [0.2, 0.25) is 0 Å². The first-order chi connectivity index (χ1) is 6.46. The maximum Gasteiger partial charge on any atom is 0.328 e. The Labute approximate surface area is 83.2 Å². The molecule has 0 aliphatic heterocycles. The average molecular weight is 194 g/mol. The Bertz CT molecular complexity index is 322. The lowest BCUT2D eigenvalue weighted by molar-refractivity contribution is -0.142. The third-order valence-corrected chi connectivity index (χ3v) is 2.41. The van der Waals surface area contributed by atoms with Gasteiger partial charge in [0.15, 0.2) is 0 Å². The topological polar surface area (TPSA) is 53.4 Å². The van der Waals surface area contributed by atoms with Crippen LogP contribution >= 0.6 is 0 Å². The van der Waals surface area contributed by atoms with E-state index in [2.05, 4.69) is 4.98 Å². The maximum absolute atomic E-state index is 11.0. The second-order valence-corrected chi connectivity index (χ2v) is 3.63. The van der Waals surface area contributed by atoms with Crippen molar-refractivity contribution in [3.63, 3.8) is 0 Å². The fourth-order valence-electron chi connectivity index (χ4n) is 1.03. The molecule has 0 saturated heterocycles. The minimum atomic E-state index is -0.915. The number of nitrogens with zero attached hydrogens (tertiary/aromatic N) is 2. The van der Waals surface area contributed by atoms with Crippen LogP contribution < -0.4 is 4.90 Å². The number of aliphatic carboxylic acids is 1. The number of rotatable bonds is 3. The summed E-state index contributed by atoms with van der Waals surface area (Å²) in [5.74, 6) is -0.850. The Morgan fingerprint density at radius 1 is 1.43 bits per heavy atom. The third kappa shape index (κ3) is 1.84. The number of carbonyl (C=O) groups is 1. The van der Waals surface area contributed by atoms with Crippen molar-refractivity contribution in [2.75, 3.05) is 11.9 Å². The van der Waals surface area contributed by atoms with Gasteiger partial charge in [-0.05, 0) is 26.0 Å². The summed E-state index contributed by atoms with van der Waals surface area (Å²) in [6.45, 7) is 3.32. The zero-order valence-corrected chi connectivity index (χ0v) is 8.56. The van der Waals surface area contributed by atoms with Crippen LogP contribution in [0.15, 0.2) is 24.5 Å². The van der Waals surface area contributed by atoms with E-state index < -0.39 is 11.5 Å². The molecule has 0 bridgehead atoms. The van der Waals surface area contributed by atoms with E-state index in [1.54, 1.807) is 50.3 Å². The van der Waals surface area contributed by atoms with Crippen LogP contribution in [-0.2, 0) is 4.79 Å². The Kier molecular flexibility index (Phi) is 2.74. The number of aromatic nitrogens is 1. The summed E-state index contributed by atoms with van der Waals surface area (Å²) in [7, 11) is 1.75. The standard InChI is InChI=1S/C10H14N2O2/c1-10(2,9(13)14)12(3)8-4-6-11-7-5-8/h4-7H,1-3H3,(H,13,14). The van der Waals surface area contributed by atoms with Crippen LogP contribution in [0.4, 0.5) is 5.69 Å². The maximum atomic E-state index is 11.0. The molecule has 0 fully saturated rings. The molecular weight excluding hydrogens is 180 g/mol. The highest BCUT2D eigenvalue weighted by Crippen LogP contribution is 2.21. The molecule has 1 aromatic rings. The van der Waals surface area contributed by atoms with Crippen LogP contribution in [0.1, 0.15) is 13.8 Å². The van der Waals surface area contributed by atoms with Crippen LogP contribution in [0.3, 0.4) is 0 Å². The Morgan fingerprint density at radius 2 is 1.93 bits per heavy atom. The van der Waals surface area contributed by atoms with Crippen molar-refractivity contribution in [3.8, 4) is 0 Å². The SMILES string of the molecule is CN(c1ccncc1)C(C)(C)C(=O)O. The van der Waals surface area contributed by atoms with Gasteiger partial charge in [-0.3, -0.25) is 4.98 Å². The van der Waals surface area contributed by atoms with Gasteiger partial charge in [-0.25, -0.2) is 4.79 Å². The summed E-state index contributed by atoms with van der Waals surface area (Å²) < 4.78 is 0. The smallest absolute Gasteiger partial charge is 0.328 e. The monoisotopic (exact) mass is 194 g/mol. The van der Waals surface area contributed by atoms with Gasteiger partial charge >= 0.3 is 5.97 Å². The zero-order valence-electron chi connectivity index (χ0n) is 8.56. The number of carboxylic acids is 1. The molecule has 0 atom stereocenters. The van der Waals surface area contributed by atoms with Gasteiger partial charge < -0.3 is 10.0 Å². The average Bonchev–Trinajstić information content (AvgIpc) is 2.17. The molecule has 14 heavy (non-hydrogen) atoms. The summed E-state index contributed by atoms with van der Waals surface area (Å²) in [4.78, 5) is 16.6. The minimum Gasteiger partial charge on any atom is -0.480 e. The summed E-state index contributed by atoms with van der Waals surface area (Å²) >= 11 is 0. The van der Waals surface area contributed by atoms with E-state index in [1.165, 1.54) is 0 Å². The number of anilines is 1. The predicted molar refractivity (Wildman–Crippen MR) is 54.4 cm³/mol. The highest BCUT2D eigenvalue weighted by Gasteiger charge is 2.32. The van der Waals surface area contributed by atoms with Gasteiger partial charge in [0.05, 0.1) is 0 Å². The van der Waals surface area contributed by atoms with Crippen molar-refractivity contribution in [2.24, 2.45) is 0 Å². The highest BCUT2D eigenvalue weighted by atomic mass is 16.4. The van der Waals surface area contributed by atoms with Crippen LogP contribution in [-0.4, -0.2) is 28.6 Å². The molecule has 0 amide bonds. The fraction of sp³-hybridized carbons (Fsp3) is 0.400. The molecule has 0 aliphatic carbocycles. The first kappa shape index (κ1) is 10.5. The van der Waals surface area contributed by atoms with E-state index in [0.29, 0.717) is 0 Å². The largest absolute Gasteiger partial charge is 0.480 e. The number of carboxylic acid groups (broad SMARTS) is 1. The third-order valence-electron chi connectivity index (χ3n) is 2.41. The molecule has 1 aromatic heterocycles. The molecule has 76 valence electrons. The molecule has 0 saturated carbocycles. The molecule has 0 radical (unpaired) electrons. The number of likely N-dealkylation sites (N-methyl/N-ethyl adjacent to an activating group) is 1. The van der Waals surface area contributed by atoms with E-state index in [-0.39, 0.29) is 0 Å². The van der Waals surface area contributed by atoms with Gasteiger partial charge in [-0.1, -0.05) is 0 Å². The van der Waals surface area contributed by atoms with Gasteiger partial charge in [0.1, 0.15) is 5.54 Å². The molecule has 1 rings (SSSR count). The van der Waals surface area contributed by atoms with Crippen molar-refractivity contribution in [1.82, 2.24) is 4.98 Å². The van der Waals surface area contributed by atoms with E-state index in [0.717, 1.165) is 5.69 Å². The molecule has 0 unspecified atom stereocenters. The van der Waals surface area contributed by atoms with Gasteiger partial charge in [0.25, 0.3) is 0 Å². The summed E-state index contributed by atoms with van der Waals surface area (Å²) in [5, 5.41) is 9.02. The summed E-state index contributed by atoms with van der Waals surface area (Å²) in [6.07, 6.45) is 3.29. The number of hydrogen-bond donors (Lipinski definition) is 1. The molecule has 4 nitrogen and oxygen atoms in total. The minimum absolute atomic E-state index is 0.840. The van der Waals surface area contributed by atoms with Crippen LogP contribution in [0, 0.1) is 0 Å². The molecule has 4 heteroatoms. The molecule has 0 aliphatic rings. The lowest BCUT2D eigenvalue weighted by Gasteiger charge is -2.33. The van der Waals surface area contributed by atoms with Crippen molar-refractivity contribution >= 4 is 11.7 Å². The Morgan fingerprint density at radius 3 is 2.36 bits per heavy atom. The summed E-state index contributed by atoms with van der Waals surface area (Å²) in [5.41, 5.74) is -0.0751. The highest BCUT2D eigenvalue weighted by molar-refractivity contribution is 5.82. The number of hydrogen-bond acceptors (Lipinski definition) is 3. The first-order valence-corrected chi connectivity index (χ1v) is 4.33. The van der Waals surface area contributed by atoms with E-state index >= 15 is 0 Å².